The van der Waals surface area contributed by atoms with Crippen LogP contribution in [0.4, 0.5) is 0 Å². The average Bonchev–Trinajstić information content (AvgIpc) is 1.90. The van der Waals surface area contributed by atoms with E-state index in [9.17, 15) is 0 Å². The summed E-state index contributed by atoms with van der Waals surface area (Å²) in [5.41, 5.74) is 0.500. The van der Waals surface area contributed by atoms with E-state index in [1.165, 1.54) is 0 Å². The largest absolute Gasteiger partial charge is 0.106 e. The minimum Gasteiger partial charge on any atom is -0.106 e. The summed E-state index contributed by atoms with van der Waals surface area (Å²) >= 11 is 0. The molecular weight excluding hydrogens is 156 g/mol. The first-order valence-electron chi connectivity index (χ1n) is 5.23. The van der Waals surface area contributed by atoms with Gasteiger partial charge in [0.15, 0.2) is 0 Å². The van der Waals surface area contributed by atoms with Crippen LogP contribution in [-0.4, -0.2) is 0 Å². The van der Waals surface area contributed by atoms with Crippen molar-refractivity contribution in [1.82, 2.24) is 0 Å². The van der Waals surface area contributed by atoms with Crippen LogP contribution in [0.5, 0.6) is 0 Å². The summed E-state index contributed by atoms with van der Waals surface area (Å²) in [4.78, 5) is 0. The van der Waals surface area contributed by atoms with E-state index in [4.69, 9.17) is 0 Å². The maximum absolute atomic E-state index is 3.00. The van der Waals surface area contributed by atoms with Crippen molar-refractivity contribution in [3.05, 3.63) is 13.2 Å². The zero-order valence-electron chi connectivity index (χ0n) is 11.5. The molecular formula is C13H32. The summed E-state index contributed by atoms with van der Waals surface area (Å²) in [5.74, 6) is 0.833. The average molecular weight is 188 g/mol. The summed E-state index contributed by atoms with van der Waals surface area (Å²) in [6.07, 6.45) is 0. The van der Waals surface area contributed by atoms with Crippen LogP contribution in [-0.2, 0) is 0 Å². The first kappa shape index (κ1) is 23.0. The third kappa shape index (κ3) is 16500. The Hall–Kier alpha value is -0.260. The third-order valence-corrected chi connectivity index (χ3v) is 0. The summed E-state index contributed by atoms with van der Waals surface area (Å²) < 4.78 is 0. The Kier molecular flexibility index (Phi) is 31.3. The van der Waals surface area contributed by atoms with E-state index in [2.05, 4.69) is 61.6 Å². The molecule has 0 amide bonds. The van der Waals surface area contributed by atoms with E-state index in [0.717, 1.165) is 5.92 Å². The quantitative estimate of drug-likeness (QED) is 0.438. The zero-order chi connectivity index (χ0) is 12.1. The predicted octanol–water partition coefficient (Wildman–Crippen LogP) is 5.54. The van der Waals surface area contributed by atoms with Crippen LogP contribution in [0.1, 0.15) is 62.3 Å². The Bertz CT molecular complexity index is 46.2. The smallest absolute Gasteiger partial charge is 0.0411 e. The van der Waals surface area contributed by atoms with Gasteiger partial charge in [-0.2, -0.15) is 0 Å². The molecule has 0 heterocycles. The van der Waals surface area contributed by atoms with Crippen molar-refractivity contribution in [2.75, 3.05) is 0 Å². The van der Waals surface area contributed by atoms with E-state index < -0.39 is 0 Å². The highest BCUT2D eigenvalue weighted by Gasteiger charge is 1.95. The molecule has 0 spiro atoms. The minimum atomic E-state index is 0.500. The molecule has 0 unspecified atom stereocenters. The van der Waals surface area contributed by atoms with Crippen molar-refractivity contribution in [3.8, 4) is 0 Å². The fourth-order valence-corrected chi connectivity index (χ4v) is 0. The second-order valence-corrected chi connectivity index (χ2v) is 4.73. The maximum Gasteiger partial charge on any atom is -0.0411 e. The third-order valence-electron chi connectivity index (χ3n) is 0. The van der Waals surface area contributed by atoms with Gasteiger partial charge in [0.25, 0.3) is 0 Å². The monoisotopic (exact) mass is 188 g/mol. The lowest BCUT2D eigenvalue weighted by Crippen LogP contribution is -1.93. The van der Waals surface area contributed by atoms with Crippen LogP contribution in [0.2, 0.25) is 0 Å². The Balaban J connectivity index is -0.0000000457. The van der Waals surface area contributed by atoms with Gasteiger partial charge in [-0.05, 0) is 11.3 Å². The van der Waals surface area contributed by atoms with Crippen molar-refractivity contribution in [2.45, 2.75) is 62.3 Å². The van der Waals surface area contributed by atoms with Crippen LogP contribution in [0, 0.1) is 11.3 Å². The van der Waals surface area contributed by atoms with Crippen molar-refractivity contribution >= 4 is 0 Å². The maximum atomic E-state index is 3.00. The molecule has 0 saturated heterocycles. The fraction of sp³-hybridized carbons (Fsp3) is 0.846. The van der Waals surface area contributed by atoms with E-state index in [-0.39, 0.29) is 0 Å². The van der Waals surface area contributed by atoms with Gasteiger partial charge >= 0.3 is 0 Å². The zero-order valence-corrected chi connectivity index (χ0v) is 11.5. The predicted molar refractivity (Wildman–Crippen MR) is 68.2 cm³/mol. The molecule has 0 radical (unpaired) electrons. The standard InChI is InChI=1S/C5H12.C4H10.C2H6.C2H4/c1-5(2,3)4;1-4(2)3;2*1-2/h1-4H3;4H,1-3H3;1-2H3;1-2H2. The van der Waals surface area contributed by atoms with Crippen molar-refractivity contribution < 1.29 is 0 Å². The van der Waals surface area contributed by atoms with Crippen LogP contribution in [0.25, 0.3) is 0 Å². The van der Waals surface area contributed by atoms with Gasteiger partial charge in [0.1, 0.15) is 0 Å². The molecule has 0 aliphatic carbocycles. The highest BCUT2D eigenvalue weighted by Crippen LogP contribution is 2.07. The lowest BCUT2D eigenvalue weighted by molar-refractivity contribution is 0.469. The van der Waals surface area contributed by atoms with Gasteiger partial charge in [-0.1, -0.05) is 62.3 Å². The van der Waals surface area contributed by atoms with Crippen LogP contribution in [0.15, 0.2) is 13.2 Å². The molecule has 0 aromatic rings. The molecule has 0 aliphatic heterocycles. The molecule has 0 nitrogen and oxygen atoms in total. The molecule has 0 fully saturated rings. The van der Waals surface area contributed by atoms with Gasteiger partial charge in [-0.3, -0.25) is 0 Å². The molecule has 0 saturated carbocycles. The lowest BCUT2D eigenvalue weighted by atomic mass is 10.0. The first-order valence-corrected chi connectivity index (χ1v) is 5.23. The summed E-state index contributed by atoms with van der Waals surface area (Å²) in [5, 5.41) is 0. The van der Waals surface area contributed by atoms with E-state index >= 15 is 0 Å². The van der Waals surface area contributed by atoms with Crippen LogP contribution < -0.4 is 0 Å². The lowest BCUT2D eigenvalue weighted by Gasteiger charge is -2.05. The Morgan fingerprint density at radius 3 is 0.769 bits per heavy atom. The normalized spacial score (nSPS) is 8.15. The summed E-state index contributed by atoms with van der Waals surface area (Å²) in [6, 6.07) is 0. The molecule has 13 heavy (non-hydrogen) atoms. The number of hydrogen-bond acceptors (Lipinski definition) is 0. The summed E-state index contributed by atoms with van der Waals surface area (Å²) in [7, 11) is 0. The molecule has 0 heteroatoms. The minimum absolute atomic E-state index is 0.500. The topological polar surface area (TPSA) is 0 Å². The Morgan fingerprint density at radius 2 is 0.769 bits per heavy atom. The molecule has 0 aromatic heterocycles. The SMILES string of the molecule is C=C.CC.CC(C)(C)C.CC(C)C. The fourth-order valence-electron chi connectivity index (χ4n) is 0. The Morgan fingerprint density at radius 1 is 0.769 bits per heavy atom. The number of hydrogen-bond donors (Lipinski definition) is 0. The van der Waals surface area contributed by atoms with Crippen molar-refractivity contribution in [2.24, 2.45) is 11.3 Å². The molecule has 0 bridgehead atoms. The van der Waals surface area contributed by atoms with Gasteiger partial charge in [0.2, 0.25) is 0 Å². The van der Waals surface area contributed by atoms with Gasteiger partial charge < -0.3 is 0 Å². The van der Waals surface area contributed by atoms with Crippen LogP contribution in [0.3, 0.4) is 0 Å². The second kappa shape index (κ2) is 17.7. The molecule has 0 N–H and O–H groups in total. The summed E-state index contributed by atoms with van der Waals surface area (Å²) in [6.45, 7) is 25.3. The first-order chi connectivity index (χ1) is 5.73. The second-order valence-electron chi connectivity index (χ2n) is 4.73. The van der Waals surface area contributed by atoms with Gasteiger partial charge in [0.05, 0.1) is 0 Å². The van der Waals surface area contributed by atoms with E-state index in [0.29, 0.717) is 5.41 Å². The van der Waals surface area contributed by atoms with Gasteiger partial charge in [-0.25, -0.2) is 0 Å². The Labute approximate surface area is 87.4 Å². The molecule has 0 atom stereocenters. The van der Waals surface area contributed by atoms with E-state index in [1.807, 2.05) is 13.8 Å². The van der Waals surface area contributed by atoms with Gasteiger partial charge in [-0.15, -0.1) is 13.2 Å². The molecule has 0 aromatic carbocycles. The van der Waals surface area contributed by atoms with E-state index in [1.54, 1.807) is 0 Å². The molecule has 84 valence electrons. The molecule has 0 aliphatic rings. The van der Waals surface area contributed by atoms with Gasteiger partial charge in [0, 0.05) is 0 Å². The number of rotatable bonds is 0. The highest BCUT2D eigenvalue weighted by molar-refractivity contribution is 4.47. The van der Waals surface area contributed by atoms with Crippen molar-refractivity contribution in [3.63, 3.8) is 0 Å². The van der Waals surface area contributed by atoms with Crippen LogP contribution >= 0.6 is 0 Å². The van der Waals surface area contributed by atoms with Crippen molar-refractivity contribution in [1.29, 1.82) is 0 Å². The molecule has 0 rings (SSSR count). The highest BCUT2D eigenvalue weighted by atomic mass is 14.0.